The molecule has 5 heterocycles. The van der Waals surface area contributed by atoms with Crippen LogP contribution in [0.15, 0.2) is 91.0 Å². The Hall–Kier alpha value is -7.76. The molecule has 0 spiro atoms. The number of carbonyl (C=O) groups excluding carboxylic acids is 9. The molecule has 0 radical (unpaired) electrons. The topological polar surface area (TPSA) is 280 Å². The van der Waals surface area contributed by atoms with Gasteiger partial charge in [0.05, 0.1) is 16.6 Å². The average molecular weight is 1160 g/mol. The summed E-state index contributed by atoms with van der Waals surface area (Å²) in [6, 6.07) is 19.5. The van der Waals surface area contributed by atoms with E-state index in [0.717, 1.165) is 72.3 Å². The highest BCUT2D eigenvalue weighted by molar-refractivity contribution is 7.52. The molecule has 0 bridgehead atoms. The van der Waals surface area contributed by atoms with Gasteiger partial charge >= 0.3 is 13.3 Å². The molecule has 18 nitrogen and oxygen atoms in total. The largest absolute Gasteiger partial charge is 0.399 e. The minimum atomic E-state index is -5.86. The Morgan fingerprint density at radius 1 is 0.841 bits per heavy atom. The summed E-state index contributed by atoms with van der Waals surface area (Å²) in [5.41, 5.74) is 4.70. The van der Waals surface area contributed by atoms with E-state index in [-0.39, 0.29) is 85.8 Å². The van der Waals surface area contributed by atoms with Gasteiger partial charge in [-0.25, -0.2) is 0 Å². The molecule has 4 aliphatic rings. The Balaban J connectivity index is 0.792. The van der Waals surface area contributed by atoms with Crippen molar-refractivity contribution in [3.8, 4) is 11.8 Å². The van der Waals surface area contributed by atoms with Crippen LogP contribution in [0.3, 0.4) is 0 Å². The van der Waals surface area contributed by atoms with E-state index in [0.29, 0.717) is 46.3 Å². The first-order valence-electron chi connectivity index (χ1n) is 27.4. The first-order valence-corrected chi connectivity index (χ1v) is 29.8. The SMILES string of the molecule is NC(=O)CC[C@H](NC(=O)[C@@H]1Cc2cccc3c2N1C(=O)[C@@H](NC(=O)c1cc2cc(C(F)(F)P(=O)(O)O)ccc2s1)CC3)C(=O)C[C@H](C(=O)CCCCCCCCC#Cc1cccc2c1CN(C1CCC(=O)NC1=O)C2=O)c1ccccc1. The summed E-state index contributed by atoms with van der Waals surface area (Å²) in [7, 11) is -5.86. The molecule has 4 aliphatic heterocycles. The van der Waals surface area contributed by atoms with Crippen molar-refractivity contribution in [1.82, 2.24) is 20.9 Å². The minimum Gasteiger partial charge on any atom is -0.370 e. The third kappa shape index (κ3) is 13.0. The monoisotopic (exact) mass is 1160 g/mol. The molecule has 1 aromatic heterocycles. The lowest BCUT2D eigenvalue weighted by Crippen LogP contribution is -2.56. The van der Waals surface area contributed by atoms with Crippen LogP contribution in [0.5, 0.6) is 0 Å². The third-order valence-corrected chi connectivity index (χ3v) is 17.7. The van der Waals surface area contributed by atoms with Crippen molar-refractivity contribution in [2.75, 3.05) is 4.90 Å². The summed E-state index contributed by atoms with van der Waals surface area (Å²) >= 11 is 0.923. The van der Waals surface area contributed by atoms with E-state index in [1.807, 2.05) is 12.1 Å². The van der Waals surface area contributed by atoms with Crippen molar-refractivity contribution in [1.29, 1.82) is 0 Å². The highest BCUT2D eigenvalue weighted by Crippen LogP contribution is 2.59. The molecule has 22 heteroatoms. The maximum atomic E-state index is 14.6. The number of carbonyl (C=O) groups is 9. The number of unbranched alkanes of at least 4 members (excludes halogenated alkanes) is 6. The maximum Gasteiger partial charge on any atom is 0.399 e. The number of piperidine rings is 1. The lowest BCUT2D eigenvalue weighted by molar-refractivity contribution is -0.137. The molecule has 82 heavy (non-hydrogen) atoms. The van der Waals surface area contributed by atoms with Crippen LogP contribution >= 0.6 is 18.9 Å². The van der Waals surface area contributed by atoms with Crippen molar-refractivity contribution >= 4 is 87.6 Å². The number of amides is 7. The first-order chi connectivity index (χ1) is 39.2. The molecule has 0 aliphatic carbocycles. The van der Waals surface area contributed by atoms with Crippen LogP contribution in [0.25, 0.3) is 10.1 Å². The molecular weight excluding hydrogens is 1100 g/mol. The second-order valence-electron chi connectivity index (χ2n) is 21.2. The van der Waals surface area contributed by atoms with E-state index >= 15 is 0 Å². The van der Waals surface area contributed by atoms with Crippen LogP contribution in [-0.2, 0) is 63.2 Å². The standard InChI is InChI=1S/C60H61F2N6O12PS/c61-60(62,81(78,79)80)40-23-27-50-39(30-40)32-51(82-50)57(75)65-45-24-22-37-18-12-19-38-31-47(68(54(37)38)59(45)77)56(74)64-44(25-28-52(63)71)49(70)33-42(35-14-9-7-10-15-35)48(69)21-11-6-4-2-1-3-5-8-16-36-17-13-20-41-43(36)34-67(58(41)76)46-26-29-53(72)66-55(46)73/h7,9-10,12-15,17-20,23,27,30,32,42,44-47H,1-6,11,21-22,24-26,28-29,31,33-34H2,(H2,63,71)(H,64,74)(H,65,75)(H,66,72,73)(H2,78,79,80)/t42-,44-,45-,46?,47-/m0/s1. The molecule has 0 saturated carbocycles. The summed E-state index contributed by atoms with van der Waals surface area (Å²) < 4.78 is 41.0. The predicted molar refractivity (Wildman–Crippen MR) is 299 cm³/mol. The van der Waals surface area contributed by atoms with Crippen molar-refractivity contribution < 1.29 is 66.3 Å². The van der Waals surface area contributed by atoms with Crippen molar-refractivity contribution in [2.45, 2.75) is 145 Å². The number of nitrogens with zero attached hydrogens (tertiary/aromatic N) is 2. The summed E-state index contributed by atoms with van der Waals surface area (Å²) in [6.45, 7) is 0.247. The van der Waals surface area contributed by atoms with Crippen molar-refractivity contribution in [3.63, 3.8) is 0 Å². The molecule has 1 saturated heterocycles. The lowest BCUT2D eigenvalue weighted by Gasteiger charge is -2.29. The second kappa shape index (κ2) is 25.2. The maximum absolute atomic E-state index is 14.6. The number of nitrogens with two attached hydrogens (primary N) is 1. The normalized spacial score (nSPS) is 18.4. The van der Waals surface area contributed by atoms with E-state index in [1.165, 1.54) is 21.9 Å². The third-order valence-electron chi connectivity index (χ3n) is 15.6. The number of halogens is 2. The lowest BCUT2D eigenvalue weighted by atomic mass is 9.85. The average Bonchev–Trinajstić information content (AvgIpc) is 4.37. The number of aryl methyl sites for hydroxylation is 1. The van der Waals surface area contributed by atoms with E-state index in [2.05, 4.69) is 27.8 Å². The number of ketones is 2. The van der Waals surface area contributed by atoms with Crippen LogP contribution in [-0.4, -0.2) is 91.8 Å². The number of hydrogen-bond acceptors (Lipinski definition) is 11. The molecule has 1 fully saturated rings. The van der Waals surface area contributed by atoms with Crippen LogP contribution in [0.2, 0.25) is 0 Å². The van der Waals surface area contributed by atoms with Gasteiger partial charge in [0, 0.05) is 72.4 Å². The Kier molecular flexibility index (Phi) is 18.1. The molecule has 428 valence electrons. The number of nitrogens with one attached hydrogen (secondary N) is 3. The second-order valence-corrected chi connectivity index (χ2v) is 23.9. The van der Waals surface area contributed by atoms with Gasteiger partial charge in [0.1, 0.15) is 23.9 Å². The fourth-order valence-corrected chi connectivity index (χ4v) is 12.7. The fraction of sp³-hybridized carbons (Fsp3) is 0.383. The summed E-state index contributed by atoms with van der Waals surface area (Å²) in [5, 5.41) is 7.99. The number of imide groups is 1. The van der Waals surface area contributed by atoms with E-state index < -0.39 is 84.2 Å². The molecule has 4 aromatic carbocycles. The van der Waals surface area contributed by atoms with Gasteiger partial charge in [-0.15, -0.1) is 11.3 Å². The molecule has 7 N–H and O–H groups in total. The van der Waals surface area contributed by atoms with E-state index in [4.69, 9.17) is 5.73 Å². The molecule has 1 unspecified atom stereocenters. The minimum absolute atomic E-state index is 0.0329. The van der Waals surface area contributed by atoms with Crippen LogP contribution < -0.4 is 26.6 Å². The highest BCUT2D eigenvalue weighted by Gasteiger charge is 2.51. The van der Waals surface area contributed by atoms with Crippen molar-refractivity contribution in [3.05, 3.63) is 135 Å². The zero-order valence-electron chi connectivity index (χ0n) is 44.6. The number of thiophene rings is 1. The first kappa shape index (κ1) is 58.9. The number of benzene rings is 4. The quantitative estimate of drug-likeness (QED) is 0.0165. The van der Waals surface area contributed by atoms with Crippen LogP contribution in [0.4, 0.5) is 14.5 Å². The number of alkyl halides is 2. The predicted octanol–water partition coefficient (Wildman–Crippen LogP) is 7.13. The molecule has 9 rings (SSSR count). The van der Waals surface area contributed by atoms with Crippen LogP contribution in [0.1, 0.15) is 149 Å². The van der Waals surface area contributed by atoms with Gasteiger partial charge in [-0.1, -0.05) is 98.2 Å². The van der Waals surface area contributed by atoms with Gasteiger partial charge in [0.25, 0.3) is 11.8 Å². The molecule has 7 amide bonds. The number of Topliss-reactive ketones (excluding diaryl/α,β-unsaturated/α-hetero) is 2. The molecule has 5 aromatic rings. The van der Waals surface area contributed by atoms with Gasteiger partial charge < -0.3 is 31.1 Å². The van der Waals surface area contributed by atoms with Gasteiger partial charge in [0.2, 0.25) is 29.5 Å². The molecular formula is C60H61F2N6O12PS. The highest BCUT2D eigenvalue weighted by atomic mass is 32.1. The number of primary amides is 1. The number of anilines is 1. The number of fused-ring (bicyclic) bond motifs is 2. The van der Waals surface area contributed by atoms with E-state index in [9.17, 15) is 66.3 Å². The Morgan fingerprint density at radius 2 is 1.57 bits per heavy atom. The van der Waals surface area contributed by atoms with Gasteiger partial charge in [-0.05, 0) is 96.5 Å². The summed E-state index contributed by atoms with van der Waals surface area (Å²) in [5.74, 6) is 1.08. The smallest absolute Gasteiger partial charge is 0.370 e. The number of hydrogen-bond donors (Lipinski definition) is 6. The van der Waals surface area contributed by atoms with Gasteiger partial charge in [-0.3, -0.25) is 57.9 Å². The summed E-state index contributed by atoms with van der Waals surface area (Å²) in [6.07, 6.45) is 5.94. The number of para-hydroxylation sites is 1. The summed E-state index contributed by atoms with van der Waals surface area (Å²) in [4.78, 5) is 142. The van der Waals surface area contributed by atoms with Crippen LogP contribution in [0, 0.1) is 11.8 Å². The molecule has 5 atom stereocenters. The Morgan fingerprint density at radius 3 is 2.32 bits per heavy atom. The zero-order chi connectivity index (χ0) is 58.5. The Bertz CT molecular complexity index is 3500. The zero-order valence-corrected chi connectivity index (χ0v) is 46.3. The van der Waals surface area contributed by atoms with E-state index in [1.54, 1.807) is 54.6 Å². The van der Waals surface area contributed by atoms with Gasteiger partial charge in [0.15, 0.2) is 5.78 Å². The number of rotatable bonds is 23. The fourth-order valence-electron chi connectivity index (χ4n) is 11.3. The van der Waals surface area contributed by atoms with Crippen molar-refractivity contribution in [2.24, 2.45) is 5.73 Å². The Labute approximate surface area is 475 Å². The van der Waals surface area contributed by atoms with Gasteiger partial charge in [-0.2, -0.15) is 8.78 Å².